The van der Waals surface area contributed by atoms with Gasteiger partial charge in [-0.2, -0.15) is 0 Å². The van der Waals surface area contributed by atoms with Gasteiger partial charge in [0.1, 0.15) is 0 Å². The van der Waals surface area contributed by atoms with E-state index >= 15 is 0 Å². The Bertz CT molecular complexity index is 1210. The lowest BCUT2D eigenvalue weighted by molar-refractivity contribution is 0.0685. The average Bonchev–Trinajstić information content (AvgIpc) is 2.83. The van der Waals surface area contributed by atoms with Crippen molar-refractivity contribution < 1.29 is 4.79 Å². The second-order valence-electron chi connectivity index (χ2n) is 8.51. The van der Waals surface area contributed by atoms with E-state index in [0.29, 0.717) is 5.92 Å². The average molecular weight is 407 g/mol. The summed E-state index contributed by atoms with van der Waals surface area (Å²) >= 11 is 0. The second-order valence-corrected chi connectivity index (χ2v) is 8.51. The number of benzene rings is 3. The summed E-state index contributed by atoms with van der Waals surface area (Å²) in [6, 6.07) is 28.7. The van der Waals surface area contributed by atoms with E-state index in [0.717, 1.165) is 47.2 Å². The zero-order valence-electron chi connectivity index (χ0n) is 17.8. The van der Waals surface area contributed by atoms with Crippen LogP contribution in [0.3, 0.4) is 0 Å². The predicted octanol–water partition coefficient (Wildman–Crippen LogP) is 6.44. The second kappa shape index (κ2) is 8.35. The zero-order valence-corrected chi connectivity index (χ0v) is 17.8. The van der Waals surface area contributed by atoms with Crippen molar-refractivity contribution in [2.24, 2.45) is 5.92 Å². The molecule has 3 nitrogen and oxygen atoms in total. The van der Waals surface area contributed by atoms with Crippen molar-refractivity contribution in [1.82, 2.24) is 9.88 Å². The molecule has 31 heavy (non-hydrogen) atoms. The van der Waals surface area contributed by atoms with Gasteiger partial charge in [0.2, 0.25) is 0 Å². The molecule has 2 heterocycles. The van der Waals surface area contributed by atoms with Crippen LogP contribution in [0.4, 0.5) is 0 Å². The minimum Gasteiger partial charge on any atom is -0.338 e. The SMILES string of the molecule is C[C@H]1CCCN(C(=O)c2cc(-c3ccc(-c4ccccc4)cc3)nc3ccccc23)C1. The summed E-state index contributed by atoms with van der Waals surface area (Å²) < 4.78 is 0. The molecule has 1 aliphatic rings. The molecule has 3 heteroatoms. The summed E-state index contributed by atoms with van der Waals surface area (Å²) in [7, 11) is 0. The number of carbonyl (C=O) groups is 1. The molecule has 1 saturated heterocycles. The Morgan fingerprint density at radius 2 is 1.55 bits per heavy atom. The van der Waals surface area contributed by atoms with E-state index in [4.69, 9.17) is 4.98 Å². The van der Waals surface area contributed by atoms with Crippen LogP contribution in [0.2, 0.25) is 0 Å². The largest absolute Gasteiger partial charge is 0.338 e. The molecule has 0 radical (unpaired) electrons. The van der Waals surface area contributed by atoms with Crippen molar-refractivity contribution in [1.29, 1.82) is 0 Å². The predicted molar refractivity (Wildman–Crippen MR) is 127 cm³/mol. The Morgan fingerprint density at radius 1 is 0.871 bits per heavy atom. The van der Waals surface area contributed by atoms with Crippen molar-refractivity contribution >= 4 is 16.8 Å². The fourth-order valence-electron chi connectivity index (χ4n) is 4.51. The fraction of sp³-hybridized carbons (Fsp3) is 0.214. The normalized spacial score (nSPS) is 16.4. The van der Waals surface area contributed by atoms with Gasteiger partial charge in [0.05, 0.1) is 16.8 Å². The Kier molecular flexibility index (Phi) is 5.25. The molecule has 5 rings (SSSR count). The third kappa shape index (κ3) is 3.96. The maximum absolute atomic E-state index is 13.5. The summed E-state index contributed by atoms with van der Waals surface area (Å²) in [4.78, 5) is 20.4. The van der Waals surface area contributed by atoms with Gasteiger partial charge in [-0.1, -0.05) is 79.7 Å². The van der Waals surface area contributed by atoms with Crippen molar-refractivity contribution in [2.45, 2.75) is 19.8 Å². The highest BCUT2D eigenvalue weighted by molar-refractivity contribution is 6.07. The lowest BCUT2D eigenvalue weighted by Gasteiger charge is -2.31. The van der Waals surface area contributed by atoms with Gasteiger partial charge >= 0.3 is 0 Å². The van der Waals surface area contributed by atoms with Gasteiger partial charge in [-0.3, -0.25) is 4.79 Å². The first-order valence-corrected chi connectivity index (χ1v) is 11.0. The smallest absolute Gasteiger partial charge is 0.254 e. The van der Waals surface area contributed by atoms with Crippen LogP contribution in [-0.2, 0) is 0 Å². The number of amides is 1. The molecule has 0 aliphatic carbocycles. The van der Waals surface area contributed by atoms with E-state index in [2.05, 4.69) is 43.3 Å². The lowest BCUT2D eigenvalue weighted by atomic mass is 9.97. The van der Waals surface area contributed by atoms with E-state index in [9.17, 15) is 4.79 Å². The van der Waals surface area contributed by atoms with Gasteiger partial charge in [-0.25, -0.2) is 4.98 Å². The number of piperidine rings is 1. The highest BCUT2D eigenvalue weighted by atomic mass is 16.2. The van der Waals surface area contributed by atoms with E-state index in [1.54, 1.807) is 0 Å². The van der Waals surface area contributed by atoms with Crippen LogP contribution in [0.25, 0.3) is 33.3 Å². The van der Waals surface area contributed by atoms with Gasteiger partial charge in [0, 0.05) is 24.0 Å². The maximum Gasteiger partial charge on any atom is 0.254 e. The van der Waals surface area contributed by atoms with E-state index in [1.807, 2.05) is 53.4 Å². The molecular weight excluding hydrogens is 380 g/mol. The van der Waals surface area contributed by atoms with Gasteiger partial charge in [0.25, 0.3) is 5.91 Å². The summed E-state index contributed by atoms with van der Waals surface area (Å²) in [5.74, 6) is 0.670. The molecule has 1 aliphatic heterocycles. The van der Waals surface area contributed by atoms with Crippen molar-refractivity contribution in [3.05, 3.63) is 90.5 Å². The number of fused-ring (bicyclic) bond motifs is 1. The van der Waals surface area contributed by atoms with Crippen LogP contribution in [0.15, 0.2) is 84.9 Å². The quantitative estimate of drug-likeness (QED) is 0.392. The van der Waals surface area contributed by atoms with Crippen LogP contribution < -0.4 is 0 Å². The molecule has 0 N–H and O–H groups in total. The molecule has 0 bridgehead atoms. The van der Waals surface area contributed by atoms with E-state index in [-0.39, 0.29) is 5.91 Å². The minimum atomic E-state index is 0.118. The highest BCUT2D eigenvalue weighted by Gasteiger charge is 2.24. The molecule has 1 fully saturated rings. The number of aromatic nitrogens is 1. The summed E-state index contributed by atoms with van der Waals surface area (Å²) in [6.07, 6.45) is 2.27. The summed E-state index contributed by atoms with van der Waals surface area (Å²) in [5.41, 5.74) is 5.83. The number of likely N-dealkylation sites (tertiary alicyclic amines) is 1. The van der Waals surface area contributed by atoms with Crippen LogP contribution in [-0.4, -0.2) is 28.9 Å². The first-order valence-electron chi connectivity index (χ1n) is 11.0. The standard InChI is InChI=1S/C28H26N2O/c1-20-8-7-17-30(19-20)28(31)25-18-27(29-26-12-6-5-11-24(25)26)23-15-13-22(14-16-23)21-9-3-2-4-10-21/h2-6,9-16,18,20H,7-8,17,19H2,1H3/t20-/m0/s1. The summed E-state index contributed by atoms with van der Waals surface area (Å²) in [6.45, 7) is 3.89. The fourth-order valence-corrected chi connectivity index (χ4v) is 4.51. The van der Waals surface area contributed by atoms with Crippen LogP contribution in [0, 0.1) is 5.92 Å². The number of nitrogens with zero attached hydrogens (tertiary/aromatic N) is 2. The van der Waals surface area contributed by atoms with Crippen LogP contribution in [0.1, 0.15) is 30.1 Å². The number of rotatable bonds is 3. The van der Waals surface area contributed by atoms with Crippen molar-refractivity contribution in [3.63, 3.8) is 0 Å². The van der Waals surface area contributed by atoms with Gasteiger partial charge in [-0.05, 0) is 42.0 Å². The lowest BCUT2D eigenvalue weighted by Crippen LogP contribution is -2.39. The molecule has 4 aromatic rings. The zero-order chi connectivity index (χ0) is 21.2. The molecular formula is C28H26N2O. The van der Waals surface area contributed by atoms with Gasteiger partial charge in [0.15, 0.2) is 0 Å². The molecule has 154 valence electrons. The molecule has 0 saturated carbocycles. The topological polar surface area (TPSA) is 33.2 Å². The molecule has 3 aromatic carbocycles. The van der Waals surface area contributed by atoms with Gasteiger partial charge < -0.3 is 4.90 Å². The van der Waals surface area contributed by atoms with E-state index in [1.165, 1.54) is 17.5 Å². The Morgan fingerprint density at radius 3 is 2.32 bits per heavy atom. The summed E-state index contributed by atoms with van der Waals surface area (Å²) in [5, 5.41) is 0.926. The third-order valence-corrected chi connectivity index (χ3v) is 6.18. The van der Waals surface area contributed by atoms with Crippen molar-refractivity contribution in [2.75, 3.05) is 13.1 Å². The molecule has 1 amide bonds. The number of pyridine rings is 1. The monoisotopic (exact) mass is 406 g/mol. The molecule has 0 spiro atoms. The van der Waals surface area contributed by atoms with Gasteiger partial charge in [-0.15, -0.1) is 0 Å². The van der Waals surface area contributed by atoms with E-state index < -0.39 is 0 Å². The molecule has 1 atom stereocenters. The van der Waals surface area contributed by atoms with Crippen molar-refractivity contribution in [3.8, 4) is 22.4 Å². The third-order valence-electron chi connectivity index (χ3n) is 6.18. The highest BCUT2D eigenvalue weighted by Crippen LogP contribution is 2.29. The number of para-hydroxylation sites is 1. The molecule has 1 aromatic heterocycles. The Balaban J connectivity index is 1.55. The van der Waals surface area contributed by atoms with Crippen LogP contribution in [0.5, 0.6) is 0 Å². The number of carbonyl (C=O) groups excluding carboxylic acids is 1. The Hall–Kier alpha value is -3.46. The first kappa shape index (κ1) is 19.5. The maximum atomic E-state index is 13.5. The van der Waals surface area contributed by atoms with Crippen LogP contribution >= 0.6 is 0 Å². The number of hydrogen-bond acceptors (Lipinski definition) is 2. The first-order chi connectivity index (χ1) is 15.2. The molecule has 0 unspecified atom stereocenters. The number of hydrogen-bond donors (Lipinski definition) is 0. The minimum absolute atomic E-state index is 0.118. The Labute approximate surface area is 183 Å².